The maximum absolute atomic E-state index is 5.57. The molecular formula is C3H9ClSi2. The Hall–Kier alpha value is 0.724. The lowest BCUT2D eigenvalue weighted by Crippen LogP contribution is -2.25. The van der Waals surface area contributed by atoms with Crippen molar-refractivity contribution in [3.8, 4) is 0 Å². The molecule has 0 aliphatic carbocycles. The average molecular weight is 137 g/mol. The maximum atomic E-state index is 5.57. The second kappa shape index (κ2) is 2.14. The minimum atomic E-state index is -0.838. The highest BCUT2D eigenvalue weighted by molar-refractivity contribution is 7.40. The minimum Gasteiger partial charge on any atom is -0.175 e. The van der Waals surface area contributed by atoms with Crippen molar-refractivity contribution in [3.05, 3.63) is 0 Å². The highest BCUT2D eigenvalue weighted by Gasteiger charge is 2.10. The van der Waals surface area contributed by atoms with E-state index in [9.17, 15) is 0 Å². The van der Waals surface area contributed by atoms with Crippen LogP contribution in [0.5, 0.6) is 0 Å². The van der Waals surface area contributed by atoms with Gasteiger partial charge in [0.1, 0.15) is 0 Å². The van der Waals surface area contributed by atoms with Gasteiger partial charge in [-0.3, -0.25) is 0 Å². The molecule has 0 aliphatic heterocycles. The van der Waals surface area contributed by atoms with Crippen molar-refractivity contribution in [3.63, 3.8) is 0 Å². The number of rotatable bonds is 1. The zero-order valence-corrected chi connectivity index (χ0v) is 7.13. The summed E-state index contributed by atoms with van der Waals surface area (Å²) in [6.45, 7) is 6.79. The first-order valence-electron chi connectivity index (χ1n) is 1.94. The third-order valence-electron chi connectivity index (χ3n) is 0.283. The van der Waals surface area contributed by atoms with E-state index in [4.69, 9.17) is 11.1 Å². The van der Waals surface area contributed by atoms with E-state index in [1.165, 1.54) is 0 Å². The molecule has 0 amide bonds. The van der Waals surface area contributed by atoms with E-state index in [1.54, 1.807) is 0 Å². The highest BCUT2D eigenvalue weighted by atomic mass is 35.6. The fraction of sp³-hybridized carbons (Fsp3) is 1.00. The zero-order chi connectivity index (χ0) is 5.21. The lowest BCUT2D eigenvalue weighted by Gasteiger charge is -2.05. The summed E-state index contributed by atoms with van der Waals surface area (Å²) in [7, 11) is -0.160. The lowest BCUT2D eigenvalue weighted by atomic mass is 11.8. The third-order valence-corrected chi connectivity index (χ3v) is 7.65. The second-order valence-electron chi connectivity index (χ2n) is 2.34. The van der Waals surface area contributed by atoms with Gasteiger partial charge in [0, 0.05) is 0 Å². The van der Waals surface area contributed by atoms with E-state index in [0.717, 1.165) is 0 Å². The molecule has 0 rings (SSSR count). The molecule has 0 heterocycles. The Labute approximate surface area is 47.2 Å². The molecule has 0 bridgehead atoms. The minimum absolute atomic E-state index is 0.678. The molecule has 36 valence electrons. The fourth-order valence-electron chi connectivity index (χ4n) is 0. The normalized spacial score (nSPS) is 12.0. The van der Waals surface area contributed by atoms with Gasteiger partial charge >= 0.3 is 0 Å². The summed E-state index contributed by atoms with van der Waals surface area (Å²) in [4.78, 5) is 0. The van der Waals surface area contributed by atoms with E-state index in [1.807, 2.05) is 0 Å². The first-order valence-corrected chi connectivity index (χ1v) is 8.45. The van der Waals surface area contributed by atoms with E-state index < -0.39 is 7.59 Å². The summed E-state index contributed by atoms with van der Waals surface area (Å²) in [6, 6.07) is 0. The molecule has 0 aromatic rings. The van der Waals surface area contributed by atoms with E-state index >= 15 is 0 Å². The second-order valence-corrected chi connectivity index (χ2v) is 13.8. The predicted octanol–water partition coefficient (Wildman–Crippen LogP) is 1.68. The van der Waals surface area contributed by atoms with Gasteiger partial charge in [0.15, 0.2) is 8.35 Å². The van der Waals surface area contributed by atoms with Gasteiger partial charge in [-0.2, -0.15) is 11.1 Å². The molecule has 0 spiro atoms. The van der Waals surface area contributed by atoms with Crippen LogP contribution in [0.3, 0.4) is 0 Å². The summed E-state index contributed by atoms with van der Waals surface area (Å²) in [5, 5.41) is 0. The van der Waals surface area contributed by atoms with Crippen LogP contribution in [0.15, 0.2) is 0 Å². The number of hydrogen-bond acceptors (Lipinski definition) is 0. The van der Waals surface area contributed by atoms with Crippen LogP contribution in [0.25, 0.3) is 0 Å². The van der Waals surface area contributed by atoms with Crippen molar-refractivity contribution < 1.29 is 0 Å². The summed E-state index contributed by atoms with van der Waals surface area (Å²) < 4.78 is 0. The molecule has 0 fully saturated rings. The van der Waals surface area contributed by atoms with Crippen molar-refractivity contribution in [2.45, 2.75) is 19.6 Å². The molecule has 0 aromatic carbocycles. The molecular weight excluding hydrogens is 128 g/mol. The molecule has 0 saturated heterocycles. The Balaban J connectivity index is 3.17. The van der Waals surface area contributed by atoms with E-state index in [2.05, 4.69) is 19.6 Å². The molecule has 6 heavy (non-hydrogen) atoms. The van der Waals surface area contributed by atoms with Crippen LogP contribution in [-0.2, 0) is 0 Å². The van der Waals surface area contributed by atoms with Crippen molar-refractivity contribution in [2.75, 3.05) is 0 Å². The summed E-state index contributed by atoms with van der Waals surface area (Å²) in [5.41, 5.74) is 0. The molecule has 2 radical (unpaired) electrons. The molecule has 0 atom stereocenters. The quantitative estimate of drug-likeness (QED) is 0.380. The zero-order valence-electron chi connectivity index (χ0n) is 4.38. The van der Waals surface area contributed by atoms with Crippen molar-refractivity contribution in [1.82, 2.24) is 0 Å². The maximum Gasteiger partial charge on any atom is 0.157 e. The smallest absolute Gasteiger partial charge is 0.157 e. The van der Waals surface area contributed by atoms with Crippen LogP contribution in [0, 0.1) is 0 Å². The lowest BCUT2D eigenvalue weighted by molar-refractivity contribution is 1.87. The number of halogens is 1. The van der Waals surface area contributed by atoms with E-state index in [-0.39, 0.29) is 0 Å². The molecule has 0 aromatic heterocycles. The van der Waals surface area contributed by atoms with Crippen molar-refractivity contribution in [2.24, 2.45) is 0 Å². The van der Waals surface area contributed by atoms with Crippen LogP contribution >= 0.6 is 11.1 Å². The average Bonchev–Trinajstić information content (AvgIpc) is 1.35. The van der Waals surface area contributed by atoms with Crippen LogP contribution < -0.4 is 0 Å². The van der Waals surface area contributed by atoms with Gasteiger partial charge in [0.2, 0.25) is 0 Å². The van der Waals surface area contributed by atoms with Gasteiger partial charge in [-0.1, -0.05) is 19.6 Å². The number of hydrogen-bond donors (Lipinski definition) is 0. The summed E-state index contributed by atoms with van der Waals surface area (Å²) in [6.07, 6.45) is 0. The van der Waals surface area contributed by atoms with Gasteiger partial charge in [-0.25, -0.2) is 0 Å². The largest absolute Gasteiger partial charge is 0.175 e. The Morgan fingerprint density at radius 1 is 1.33 bits per heavy atom. The topological polar surface area (TPSA) is 0 Å². The molecule has 0 aliphatic rings. The molecule has 0 N–H and O–H groups in total. The van der Waals surface area contributed by atoms with Gasteiger partial charge in [0.05, 0.1) is 7.59 Å². The molecule has 0 saturated carbocycles. The summed E-state index contributed by atoms with van der Waals surface area (Å²) in [5.74, 6) is 0. The Morgan fingerprint density at radius 2 is 1.50 bits per heavy atom. The van der Waals surface area contributed by atoms with Crippen molar-refractivity contribution in [1.29, 1.82) is 0 Å². The highest BCUT2D eigenvalue weighted by Crippen LogP contribution is 1.97. The van der Waals surface area contributed by atoms with Gasteiger partial charge < -0.3 is 0 Å². The Kier molecular flexibility index (Phi) is 2.40. The standard InChI is InChI=1S/C3H9ClSi2/c1-6(2,3)5-4/h1-3H3. The molecule has 3 heteroatoms. The fourth-order valence-corrected chi connectivity index (χ4v) is 0. The molecule has 0 unspecified atom stereocenters. The third kappa shape index (κ3) is 4.72. The van der Waals surface area contributed by atoms with Gasteiger partial charge in [0.25, 0.3) is 0 Å². The SMILES string of the molecule is C[Si](C)(C)[Si]Cl. The molecule has 0 nitrogen and oxygen atoms in total. The van der Waals surface area contributed by atoms with Crippen LogP contribution in [0.4, 0.5) is 0 Å². The van der Waals surface area contributed by atoms with Crippen LogP contribution in [-0.4, -0.2) is 15.9 Å². The Morgan fingerprint density at radius 3 is 1.50 bits per heavy atom. The first kappa shape index (κ1) is 6.72. The van der Waals surface area contributed by atoms with Crippen LogP contribution in [0.1, 0.15) is 0 Å². The summed E-state index contributed by atoms with van der Waals surface area (Å²) >= 11 is 5.57. The van der Waals surface area contributed by atoms with Crippen LogP contribution in [0.2, 0.25) is 19.6 Å². The Bertz CT molecular complexity index is 38.5. The monoisotopic (exact) mass is 136 g/mol. The van der Waals surface area contributed by atoms with E-state index in [0.29, 0.717) is 8.35 Å². The van der Waals surface area contributed by atoms with Gasteiger partial charge in [-0.15, -0.1) is 0 Å². The van der Waals surface area contributed by atoms with Gasteiger partial charge in [-0.05, 0) is 0 Å². The van der Waals surface area contributed by atoms with Crippen molar-refractivity contribution >= 4 is 27.0 Å². The first-order chi connectivity index (χ1) is 2.56. The predicted molar refractivity (Wildman–Crippen MR) is 35.0 cm³/mol.